The Bertz CT molecular complexity index is 2030. The van der Waals surface area contributed by atoms with Crippen LogP contribution in [0.2, 0.25) is 0 Å². The van der Waals surface area contributed by atoms with E-state index in [1.807, 2.05) is 0 Å². The second-order valence-corrected chi connectivity index (χ2v) is 13.2. The van der Waals surface area contributed by atoms with Gasteiger partial charge in [0.2, 0.25) is 0 Å². The molecule has 2 heterocycles. The number of halogens is 6. The Morgan fingerprint density at radius 3 is 1.39 bits per heavy atom. The Morgan fingerprint density at radius 1 is 0.457 bits per heavy atom. The van der Waals surface area contributed by atoms with Crippen molar-refractivity contribution in [2.24, 2.45) is 0 Å². The van der Waals surface area contributed by atoms with Gasteiger partial charge in [-0.25, -0.2) is 0 Å². The number of allylic oxidation sites excluding steroid dienone is 2. The predicted molar refractivity (Wildman–Crippen MR) is 176 cm³/mol. The molecule has 46 heavy (non-hydrogen) atoms. The summed E-state index contributed by atoms with van der Waals surface area (Å²) in [5.41, 5.74) is -0.773. The van der Waals surface area contributed by atoms with E-state index in [1.165, 1.54) is 12.1 Å². The van der Waals surface area contributed by atoms with Crippen LogP contribution >= 0.6 is 22.7 Å². The lowest BCUT2D eigenvalue weighted by molar-refractivity contribution is -0.254. The molecular weight excluding hydrogens is 635 g/mol. The summed E-state index contributed by atoms with van der Waals surface area (Å²) in [6, 6.07) is 37.8. The van der Waals surface area contributed by atoms with Gasteiger partial charge in [0.15, 0.2) is 0 Å². The third kappa shape index (κ3) is 4.91. The van der Waals surface area contributed by atoms with Gasteiger partial charge >= 0.3 is 17.8 Å². The van der Waals surface area contributed by atoms with E-state index in [-0.39, 0.29) is 22.4 Å². The molecule has 0 aliphatic heterocycles. The Morgan fingerprint density at radius 2 is 0.870 bits per heavy atom. The van der Waals surface area contributed by atoms with E-state index >= 15 is 26.3 Å². The van der Waals surface area contributed by atoms with Gasteiger partial charge in [-0.2, -0.15) is 26.3 Å². The summed E-state index contributed by atoms with van der Waals surface area (Å²) in [5, 5.41) is 0. The van der Waals surface area contributed by atoms with Crippen LogP contribution in [0.25, 0.3) is 42.5 Å². The van der Waals surface area contributed by atoms with Crippen molar-refractivity contribution in [3.8, 4) is 31.3 Å². The number of alkyl halides is 6. The van der Waals surface area contributed by atoms with Crippen molar-refractivity contribution in [2.45, 2.75) is 24.2 Å². The van der Waals surface area contributed by atoms with Crippen LogP contribution in [0.3, 0.4) is 0 Å². The minimum absolute atomic E-state index is 0.0993. The lowest BCUT2D eigenvalue weighted by atomic mass is 9.92. The van der Waals surface area contributed by atoms with E-state index in [4.69, 9.17) is 0 Å². The Labute approximate surface area is 269 Å². The van der Waals surface area contributed by atoms with Crippen LogP contribution in [-0.2, 0) is 6.42 Å². The first-order valence-electron chi connectivity index (χ1n) is 14.5. The maximum Gasteiger partial charge on any atom is 0.380 e. The molecule has 0 bridgehead atoms. The number of thiophene rings is 2. The van der Waals surface area contributed by atoms with Crippen molar-refractivity contribution in [1.29, 1.82) is 0 Å². The molecule has 4 aromatic carbocycles. The van der Waals surface area contributed by atoms with Gasteiger partial charge in [0.25, 0.3) is 0 Å². The van der Waals surface area contributed by atoms with Crippen LogP contribution in [0, 0.1) is 0 Å². The van der Waals surface area contributed by atoms with Crippen molar-refractivity contribution in [3.63, 3.8) is 0 Å². The molecule has 0 saturated heterocycles. The molecule has 8 heteroatoms. The van der Waals surface area contributed by atoms with E-state index in [0.29, 0.717) is 31.3 Å². The van der Waals surface area contributed by atoms with Crippen molar-refractivity contribution < 1.29 is 26.3 Å². The highest BCUT2D eigenvalue weighted by atomic mass is 32.1. The van der Waals surface area contributed by atoms with E-state index < -0.39 is 28.9 Å². The average Bonchev–Trinajstić information content (AvgIpc) is 3.72. The van der Waals surface area contributed by atoms with Gasteiger partial charge in [0, 0.05) is 42.6 Å². The monoisotopic (exact) mass is 658 g/mol. The molecule has 0 fully saturated rings. The topological polar surface area (TPSA) is 0 Å². The first-order chi connectivity index (χ1) is 22.1. The SMILES string of the molecule is FC1(F)C(c2cc(-c3ccccc3)sc2Cc2ccccc2)=C(c2cc(-c3ccccc3)sc2-c2ccccc2)C(F)(F)C1(F)F. The smallest absolute Gasteiger partial charge is 0.194 e. The standard InChI is InChI=1S/C38H24F6S2/c39-36(40)33(28-22-30(25-15-7-2-8-16-25)45-32(28)21-24-13-5-1-6-14-24)34(37(41,42)38(36,43)44)29-23-31(26-17-9-3-10-18-26)46-35(29)27-19-11-4-12-20-27/h1-20,22-23H,21H2. The zero-order chi connectivity index (χ0) is 32.1. The van der Waals surface area contributed by atoms with Gasteiger partial charge < -0.3 is 0 Å². The minimum atomic E-state index is -5.67. The number of benzene rings is 4. The predicted octanol–water partition coefficient (Wildman–Crippen LogP) is 12.2. The van der Waals surface area contributed by atoms with E-state index in [9.17, 15) is 0 Å². The van der Waals surface area contributed by atoms with E-state index in [2.05, 4.69) is 0 Å². The highest BCUT2D eigenvalue weighted by molar-refractivity contribution is 7.19. The molecular formula is C38H24F6S2. The van der Waals surface area contributed by atoms with E-state index in [0.717, 1.165) is 28.2 Å². The average molecular weight is 659 g/mol. The highest BCUT2D eigenvalue weighted by Crippen LogP contribution is 2.66. The van der Waals surface area contributed by atoms with Crippen molar-refractivity contribution in [1.82, 2.24) is 0 Å². The van der Waals surface area contributed by atoms with Crippen LogP contribution in [-0.4, -0.2) is 17.8 Å². The summed E-state index contributed by atoms with van der Waals surface area (Å²) in [4.78, 5) is 1.52. The van der Waals surface area contributed by atoms with Gasteiger partial charge in [0.05, 0.1) is 0 Å². The number of hydrogen-bond acceptors (Lipinski definition) is 2. The highest BCUT2D eigenvalue weighted by Gasteiger charge is 2.80. The molecule has 1 aliphatic carbocycles. The Hall–Kier alpha value is -4.40. The summed E-state index contributed by atoms with van der Waals surface area (Å²) < 4.78 is 96.1. The second-order valence-electron chi connectivity index (χ2n) is 11.0. The molecule has 230 valence electrons. The van der Waals surface area contributed by atoms with Crippen molar-refractivity contribution in [3.05, 3.63) is 155 Å². The van der Waals surface area contributed by atoms with Crippen LogP contribution in [0.15, 0.2) is 133 Å². The fourth-order valence-corrected chi connectivity index (χ4v) is 8.24. The molecule has 0 radical (unpaired) electrons. The molecule has 7 rings (SSSR count). The zero-order valence-electron chi connectivity index (χ0n) is 24.0. The van der Waals surface area contributed by atoms with Crippen molar-refractivity contribution in [2.75, 3.05) is 0 Å². The molecule has 6 aromatic rings. The van der Waals surface area contributed by atoms with Crippen LogP contribution in [0.4, 0.5) is 26.3 Å². The van der Waals surface area contributed by atoms with Crippen LogP contribution < -0.4 is 0 Å². The molecule has 0 atom stereocenters. The first kappa shape index (κ1) is 30.3. The third-order valence-electron chi connectivity index (χ3n) is 8.11. The molecule has 1 aliphatic rings. The van der Waals surface area contributed by atoms with Crippen LogP contribution in [0.1, 0.15) is 21.6 Å². The molecule has 0 N–H and O–H groups in total. The summed E-state index contributed by atoms with van der Waals surface area (Å²) in [5.74, 6) is -16.0. The van der Waals surface area contributed by atoms with Gasteiger partial charge in [-0.1, -0.05) is 121 Å². The number of rotatable bonds is 7. The zero-order valence-corrected chi connectivity index (χ0v) is 25.6. The molecule has 0 nitrogen and oxygen atoms in total. The lowest BCUT2D eigenvalue weighted by Gasteiger charge is -2.26. The largest absolute Gasteiger partial charge is 0.380 e. The molecule has 2 aromatic heterocycles. The summed E-state index contributed by atoms with van der Waals surface area (Å²) in [6.07, 6.45) is 0.0993. The van der Waals surface area contributed by atoms with Gasteiger partial charge in [0.1, 0.15) is 0 Å². The molecule has 0 unspecified atom stereocenters. The molecule has 0 saturated carbocycles. The second kappa shape index (κ2) is 11.4. The van der Waals surface area contributed by atoms with Crippen LogP contribution in [0.5, 0.6) is 0 Å². The fourth-order valence-electron chi connectivity index (χ4n) is 5.86. The van der Waals surface area contributed by atoms with Gasteiger partial charge in [-0.3, -0.25) is 0 Å². The molecule has 0 amide bonds. The number of hydrogen-bond donors (Lipinski definition) is 0. The maximum atomic E-state index is 16.2. The fraction of sp³-hybridized carbons (Fsp3) is 0.105. The van der Waals surface area contributed by atoms with Gasteiger partial charge in [-0.05, 0) is 39.9 Å². The normalized spacial score (nSPS) is 16.6. The van der Waals surface area contributed by atoms with Gasteiger partial charge in [-0.15, -0.1) is 22.7 Å². The minimum Gasteiger partial charge on any atom is -0.194 e. The van der Waals surface area contributed by atoms with Crippen molar-refractivity contribution >= 4 is 33.8 Å². The maximum absolute atomic E-state index is 16.2. The first-order valence-corrected chi connectivity index (χ1v) is 16.1. The quantitative estimate of drug-likeness (QED) is 0.150. The third-order valence-corrected chi connectivity index (χ3v) is 10.5. The summed E-state index contributed by atoms with van der Waals surface area (Å²) in [6.45, 7) is 0. The summed E-state index contributed by atoms with van der Waals surface area (Å²) >= 11 is 2.25. The van der Waals surface area contributed by atoms with E-state index in [1.54, 1.807) is 121 Å². The Kier molecular flexibility index (Phi) is 7.53. The lowest BCUT2D eigenvalue weighted by Crippen LogP contribution is -2.48. The molecule has 0 spiro atoms. The summed E-state index contributed by atoms with van der Waals surface area (Å²) in [7, 11) is 0. The Balaban J connectivity index is 1.55.